The summed E-state index contributed by atoms with van der Waals surface area (Å²) in [5.41, 5.74) is 0.938. The second kappa shape index (κ2) is 5.59. The molecule has 0 fully saturated rings. The Morgan fingerprint density at radius 2 is 1.76 bits per heavy atom. The van der Waals surface area contributed by atoms with E-state index in [2.05, 4.69) is 4.74 Å². The fraction of sp³-hybridized carbons (Fsp3) is 0.0526. The van der Waals surface area contributed by atoms with Crippen molar-refractivity contribution in [2.45, 2.75) is 0 Å². The Labute approximate surface area is 140 Å². The van der Waals surface area contributed by atoms with E-state index in [-0.39, 0.29) is 11.0 Å². The van der Waals surface area contributed by atoms with Crippen molar-refractivity contribution >= 4 is 27.9 Å². The van der Waals surface area contributed by atoms with Gasteiger partial charge in [-0.1, -0.05) is 12.1 Å². The molecule has 0 aliphatic rings. The lowest BCUT2D eigenvalue weighted by atomic mass is 10.1. The van der Waals surface area contributed by atoms with E-state index in [9.17, 15) is 14.0 Å². The Kier molecular flexibility index (Phi) is 3.39. The number of esters is 1. The van der Waals surface area contributed by atoms with E-state index in [0.717, 1.165) is 6.07 Å². The smallest absolute Gasteiger partial charge is 0.347 e. The van der Waals surface area contributed by atoms with Gasteiger partial charge in [-0.25, -0.2) is 14.0 Å². The van der Waals surface area contributed by atoms with Crippen molar-refractivity contribution in [3.8, 4) is 11.3 Å². The Hall–Kier alpha value is -3.41. The number of carbonyl (C=O) groups is 1. The molecule has 0 unspecified atom stereocenters. The number of ether oxygens (including phenoxy) is 1. The second-order valence-electron chi connectivity index (χ2n) is 5.45. The SMILES string of the molecule is COC(=O)c1ccc(-c2cc3c(=O)oc4cc(F)ccc4c3o2)cc1. The first kappa shape index (κ1) is 15.1. The molecule has 25 heavy (non-hydrogen) atoms. The minimum Gasteiger partial charge on any atom is -0.465 e. The lowest BCUT2D eigenvalue weighted by Gasteiger charge is -2.00. The molecule has 4 rings (SSSR count). The van der Waals surface area contributed by atoms with Crippen LogP contribution in [0.5, 0.6) is 0 Å². The maximum absolute atomic E-state index is 13.3. The highest BCUT2D eigenvalue weighted by molar-refractivity contribution is 6.02. The van der Waals surface area contributed by atoms with Gasteiger partial charge in [0.2, 0.25) is 0 Å². The van der Waals surface area contributed by atoms with Crippen LogP contribution in [0.25, 0.3) is 33.3 Å². The molecule has 0 saturated heterocycles. The summed E-state index contributed by atoms with van der Waals surface area (Å²) in [5, 5.41) is 0.777. The maximum Gasteiger partial charge on any atom is 0.347 e. The van der Waals surface area contributed by atoms with Crippen LogP contribution in [0.3, 0.4) is 0 Å². The van der Waals surface area contributed by atoms with Gasteiger partial charge in [-0.2, -0.15) is 0 Å². The summed E-state index contributed by atoms with van der Waals surface area (Å²) >= 11 is 0. The fourth-order valence-corrected chi connectivity index (χ4v) is 2.70. The van der Waals surface area contributed by atoms with Gasteiger partial charge >= 0.3 is 11.6 Å². The Morgan fingerprint density at radius 3 is 2.48 bits per heavy atom. The number of hydrogen-bond acceptors (Lipinski definition) is 5. The molecule has 0 radical (unpaired) electrons. The minimum atomic E-state index is -0.603. The van der Waals surface area contributed by atoms with Gasteiger partial charge < -0.3 is 13.6 Å². The Morgan fingerprint density at radius 1 is 1.00 bits per heavy atom. The van der Waals surface area contributed by atoms with Gasteiger partial charge in [0.25, 0.3) is 0 Å². The van der Waals surface area contributed by atoms with E-state index in [4.69, 9.17) is 8.83 Å². The quantitative estimate of drug-likeness (QED) is 0.406. The van der Waals surface area contributed by atoms with E-state index in [1.165, 1.54) is 19.2 Å². The van der Waals surface area contributed by atoms with Crippen LogP contribution in [0.4, 0.5) is 4.39 Å². The van der Waals surface area contributed by atoms with Crippen molar-refractivity contribution in [1.82, 2.24) is 0 Å². The summed E-state index contributed by atoms with van der Waals surface area (Å²) in [5.74, 6) is -0.499. The van der Waals surface area contributed by atoms with Crippen molar-refractivity contribution in [2.75, 3.05) is 7.11 Å². The molecule has 0 bridgehead atoms. The van der Waals surface area contributed by atoms with Crippen LogP contribution in [-0.4, -0.2) is 13.1 Å². The van der Waals surface area contributed by atoms with Crippen LogP contribution < -0.4 is 5.63 Å². The molecule has 0 aliphatic carbocycles. The van der Waals surface area contributed by atoms with E-state index in [1.807, 2.05) is 0 Å². The lowest BCUT2D eigenvalue weighted by molar-refractivity contribution is 0.0600. The Balaban J connectivity index is 1.89. The van der Waals surface area contributed by atoms with E-state index >= 15 is 0 Å². The summed E-state index contributed by atoms with van der Waals surface area (Å²) in [6, 6.07) is 12.1. The van der Waals surface area contributed by atoms with Crippen LogP contribution in [0, 0.1) is 5.82 Å². The zero-order valence-electron chi connectivity index (χ0n) is 13.0. The third kappa shape index (κ3) is 2.48. The maximum atomic E-state index is 13.3. The highest BCUT2D eigenvalue weighted by Crippen LogP contribution is 2.31. The molecule has 4 aromatic rings. The van der Waals surface area contributed by atoms with Crippen LogP contribution >= 0.6 is 0 Å². The molecule has 0 N–H and O–H groups in total. The lowest BCUT2D eigenvalue weighted by Crippen LogP contribution is -2.00. The third-order valence-electron chi connectivity index (χ3n) is 3.93. The summed E-state index contributed by atoms with van der Waals surface area (Å²) in [7, 11) is 1.31. The predicted molar refractivity (Wildman–Crippen MR) is 89.0 cm³/mol. The molecule has 0 spiro atoms. The number of rotatable bonds is 2. The van der Waals surface area contributed by atoms with Crippen LogP contribution in [-0.2, 0) is 4.74 Å². The topological polar surface area (TPSA) is 69.7 Å². The second-order valence-corrected chi connectivity index (χ2v) is 5.45. The summed E-state index contributed by atoms with van der Waals surface area (Å²) < 4.78 is 29.0. The summed E-state index contributed by atoms with van der Waals surface area (Å²) in [6.07, 6.45) is 0. The highest BCUT2D eigenvalue weighted by Gasteiger charge is 2.15. The van der Waals surface area contributed by atoms with Gasteiger partial charge in [0.15, 0.2) is 5.58 Å². The molecule has 6 heteroatoms. The number of benzene rings is 2. The van der Waals surface area contributed by atoms with Gasteiger partial charge in [-0.3, -0.25) is 0 Å². The standard InChI is InChI=1S/C19H11FO5/c1-23-18(21)11-4-2-10(3-5-11)15-9-14-17(24-15)13-7-6-12(20)8-16(13)25-19(14)22/h2-9H,1H3. The molecular formula is C19H11FO5. The molecule has 124 valence electrons. The average Bonchev–Trinajstić information content (AvgIpc) is 3.07. The van der Waals surface area contributed by atoms with Gasteiger partial charge in [-0.15, -0.1) is 0 Å². The molecular weight excluding hydrogens is 327 g/mol. The molecule has 2 heterocycles. The van der Waals surface area contributed by atoms with Crippen molar-refractivity contribution in [2.24, 2.45) is 0 Å². The largest absolute Gasteiger partial charge is 0.465 e. The monoisotopic (exact) mass is 338 g/mol. The molecule has 0 amide bonds. The zero-order valence-corrected chi connectivity index (χ0v) is 13.0. The highest BCUT2D eigenvalue weighted by atomic mass is 19.1. The number of hydrogen-bond donors (Lipinski definition) is 0. The van der Waals surface area contributed by atoms with Crippen LogP contribution in [0.1, 0.15) is 10.4 Å². The van der Waals surface area contributed by atoms with Gasteiger partial charge in [-0.05, 0) is 30.3 Å². The van der Waals surface area contributed by atoms with Crippen molar-refractivity contribution in [1.29, 1.82) is 0 Å². The summed E-state index contributed by atoms with van der Waals surface area (Å²) in [6.45, 7) is 0. The number of methoxy groups -OCH3 is 1. The van der Waals surface area contributed by atoms with Crippen molar-refractivity contribution in [3.05, 3.63) is 70.3 Å². The molecule has 0 atom stereocenters. The average molecular weight is 338 g/mol. The third-order valence-corrected chi connectivity index (χ3v) is 3.93. The zero-order chi connectivity index (χ0) is 17.6. The molecule has 0 saturated carbocycles. The van der Waals surface area contributed by atoms with Gasteiger partial charge in [0.05, 0.1) is 18.1 Å². The summed E-state index contributed by atoms with van der Waals surface area (Å²) in [4.78, 5) is 23.6. The first-order chi connectivity index (χ1) is 12.1. The molecule has 2 aromatic carbocycles. The van der Waals surface area contributed by atoms with Crippen molar-refractivity contribution in [3.63, 3.8) is 0 Å². The number of halogens is 1. The molecule has 0 aliphatic heterocycles. The van der Waals surface area contributed by atoms with Crippen LogP contribution in [0.15, 0.2) is 62.2 Å². The van der Waals surface area contributed by atoms with Gasteiger partial charge in [0.1, 0.15) is 22.5 Å². The normalized spacial score (nSPS) is 11.1. The molecule has 5 nitrogen and oxygen atoms in total. The fourth-order valence-electron chi connectivity index (χ4n) is 2.70. The number of carbonyl (C=O) groups excluding carboxylic acids is 1. The first-order valence-corrected chi connectivity index (χ1v) is 7.41. The number of furan rings is 1. The Bertz CT molecular complexity index is 1170. The van der Waals surface area contributed by atoms with Gasteiger partial charge in [0, 0.05) is 11.6 Å². The van der Waals surface area contributed by atoms with E-state index in [0.29, 0.717) is 27.9 Å². The van der Waals surface area contributed by atoms with E-state index in [1.54, 1.807) is 30.3 Å². The van der Waals surface area contributed by atoms with E-state index < -0.39 is 17.4 Å². The predicted octanol–water partition coefficient (Wildman–Crippen LogP) is 4.13. The number of fused-ring (bicyclic) bond motifs is 3. The first-order valence-electron chi connectivity index (χ1n) is 7.41. The van der Waals surface area contributed by atoms with Crippen molar-refractivity contribution < 1.29 is 22.8 Å². The minimum absolute atomic E-state index is 0.124. The van der Waals surface area contributed by atoms with Crippen LogP contribution in [0.2, 0.25) is 0 Å². The molecule has 2 aromatic heterocycles.